The summed E-state index contributed by atoms with van der Waals surface area (Å²) in [4.78, 5) is 24.7. The molecule has 2 aliphatic rings. The molecule has 0 bridgehead atoms. The summed E-state index contributed by atoms with van der Waals surface area (Å²) in [5, 5.41) is 11.9. The van der Waals surface area contributed by atoms with Crippen molar-refractivity contribution in [1.82, 2.24) is 10.2 Å². The fourth-order valence-corrected chi connectivity index (χ4v) is 3.63. The lowest BCUT2D eigenvalue weighted by Crippen LogP contribution is -2.50. The first kappa shape index (κ1) is 15.4. The minimum atomic E-state index is -4.53. The fraction of sp³-hybridized carbons (Fsp3) is 0.818. The van der Waals surface area contributed by atoms with E-state index in [-0.39, 0.29) is 0 Å². The summed E-state index contributed by atoms with van der Waals surface area (Å²) in [5.41, 5.74) is -0.986. The number of aliphatic hydroxyl groups excluding tert-OH is 1. The smallest absolute Gasteiger partial charge is 0.391 e. The van der Waals surface area contributed by atoms with Gasteiger partial charge in [0.1, 0.15) is 5.54 Å². The van der Waals surface area contributed by atoms with Crippen LogP contribution >= 0.6 is 11.8 Å². The number of imide groups is 1. The molecule has 1 spiro atoms. The molecule has 1 unspecified atom stereocenters. The molecule has 2 saturated heterocycles. The number of nitrogens with one attached hydrogen (secondary N) is 1. The molecular weight excluding hydrogens is 297 g/mol. The third-order valence-corrected chi connectivity index (χ3v) is 4.44. The van der Waals surface area contributed by atoms with Crippen LogP contribution in [0.3, 0.4) is 0 Å². The summed E-state index contributed by atoms with van der Waals surface area (Å²) in [6.07, 6.45) is -6.83. The first-order valence-corrected chi connectivity index (χ1v) is 7.36. The van der Waals surface area contributed by atoms with Crippen molar-refractivity contribution in [2.75, 3.05) is 18.1 Å². The molecule has 3 amide bonds. The number of β-amino-alcohol motifs (C(OH)–C–C–N with tert-alkyl or cyclic N) is 1. The van der Waals surface area contributed by atoms with Gasteiger partial charge in [-0.15, -0.1) is 0 Å². The highest BCUT2D eigenvalue weighted by atomic mass is 32.2. The molecule has 2 N–H and O–H groups in total. The monoisotopic (exact) mass is 312 g/mol. The van der Waals surface area contributed by atoms with Gasteiger partial charge in [0.25, 0.3) is 5.91 Å². The highest BCUT2D eigenvalue weighted by Crippen LogP contribution is 2.33. The molecule has 2 fully saturated rings. The molecule has 0 aromatic rings. The van der Waals surface area contributed by atoms with Gasteiger partial charge in [-0.2, -0.15) is 24.9 Å². The van der Waals surface area contributed by atoms with Gasteiger partial charge in [0.05, 0.1) is 19.1 Å². The van der Waals surface area contributed by atoms with Crippen LogP contribution in [0.4, 0.5) is 18.0 Å². The summed E-state index contributed by atoms with van der Waals surface area (Å²) in [5.74, 6) is 0.902. The molecule has 2 aliphatic heterocycles. The van der Waals surface area contributed by atoms with E-state index in [1.165, 1.54) is 0 Å². The second-order valence-electron chi connectivity index (χ2n) is 5.01. The van der Waals surface area contributed by atoms with Crippen LogP contribution in [0.25, 0.3) is 0 Å². The van der Waals surface area contributed by atoms with E-state index in [2.05, 4.69) is 5.32 Å². The number of amides is 3. The van der Waals surface area contributed by atoms with E-state index >= 15 is 0 Å². The molecular formula is C11H15F3N2O3S. The van der Waals surface area contributed by atoms with Crippen molar-refractivity contribution in [3.63, 3.8) is 0 Å². The Morgan fingerprint density at radius 3 is 2.50 bits per heavy atom. The molecule has 5 nitrogen and oxygen atoms in total. The zero-order valence-electron chi connectivity index (χ0n) is 10.6. The molecule has 2 rings (SSSR count). The summed E-state index contributed by atoms with van der Waals surface area (Å²) < 4.78 is 36.5. The van der Waals surface area contributed by atoms with Crippen LogP contribution in [-0.2, 0) is 4.79 Å². The minimum absolute atomic E-state index is 0.466. The molecule has 0 aromatic carbocycles. The second-order valence-corrected chi connectivity index (χ2v) is 6.24. The van der Waals surface area contributed by atoms with Crippen molar-refractivity contribution >= 4 is 23.7 Å². The van der Waals surface area contributed by atoms with E-state index in [4.69, 9.17) is 0 Å². The standard InChI is InChI=1S/C11H15F3N2O3S/c12-11(13,14)5-7(17)6-16-8(18)10(15-9(16)19)1-3-20-4-2-10/h7,17H,1-6H2,(H,15,19). The minimum Gasteiger partial charge on any atom is -0.391 e. The zero-order valence-corrected chi connectivity index (χ0v) is 11.4. The van der Waals surface area contributed by atoms with Crippen molar-refractivity contribution in [3.8, 4) is 0 Å². The van der Waals surface area contributed by atoms with Gasteiger partial charge in [0.2, 0.25) is 0 Å². The molecule has 0 aromatic heterocycles. The van der Waals surface area contributed by atoms with E-state index < -0.39 is 42.7 Å². The molecule has 114 valence electrons. The van der Waals surface area contributed by atoms with Gasteiger partial charge >= 0.3 is 12.2 Å². The highest BCUT2D eigenvalue weighted by Gasteiger charge is 2.52. The Kier molecular flexibility index (Phi) is 4.19. The average molecular weight is 312 g/mol. The number of alkyl halides is 3. The van der Waals surface area contributed by atoms with Gasteiger partial charge in [-0.25, -0.2) is 4.79 Å². The van der Waals surface area contributed by atoms with Gasteiger partial charge < -0.3 is 10.4 Å². The number of aliphatic hydroxyl groups is 1. The van der Waals surface area contributed by atoms with Crippen molar-refractivity contribution in [3.05, 3.63) is 0 Å². The summed E-state index contributed by atoms with van der Waals surface area (Å²) in [7, 11) is 0. The fourth-order valence-electron chi connectivity index (χ4n) is 2.44. The number of urea groups is 1. The predicted octanol–water partition coefficient (Wildman–Crippen LogP) is 1.12. The van der Waals surface area contributed by atoms with Crippen LogP contribution < -0.4 is 5.32 Å². The van der Waals surface area contributed by atoms with Crippen molar-refractivity contribution in [1.29, 1.82) is 0 Å². The van der Waals surface area contributed by atoms with Gasteiger partial charge in [0, 0.05) is 0 Å². The first-order chi connectivity index (χ1) is 9.23. The number of carbonyl (C=O) groups excluding carboxylic acids is 2. The number of halogens is 3. The Hall–Kier alpha value is -0.960. The number of nitrogens with zero attached hydrogens (tertiary/aromatic N) is 1. The van der Waals surface area contributed by atoms with E-state index in [1.807, 2.05) is 0 Å². The Labute approximate surface area is 117 Å². The lowest BCUT2D eigenvalue weighted by atomic mass is 9.92. The van der Waals surface area contributed by atoms with Crippen LogP contribution in [0.15, 0.2) is 0 Å². The Balaban J connectivity index is 2.02. The number of thioether (sulfide) groups is 1. The van der Waals surface area contributed by atoms with Gasteiger partial charge in [-0.3, -0.25) is 9.69 Å². The van der Waals surface area contributed by atoms with Gasteiger partial charge in [-0.05, 0) is 24.3 Å². The Bertz CT molecular complexity index is 410. The third-order valence-electron chi connectivity index (χ3n) is 3.45. The predicted molar refractivity (Wildman–Crippen MR) is 66.2 cm³/mol. The lowest BCUT2D eigenvalue weighted by Gasteiger charge is -2.30. The van der Waals surface area contributed by atoms with E-state index in [0.717, 1.165) is 0 Å². The quantitative estimate of drug-likeness (QED) is 0.766. The van der Waals surface area contributed by atoms with Crippen LogP contribution in [0.2, 0.25) is 0 Å². The van der Waals surface area contributed by atoms with E-state index in [0.29, 0.717) is 29.2 Å². The van der Waals surface area contributed by atoms with Gasteiger partial charge in [0.15, 0.2) is 0 Å². The molecule has 2 heterocycles. The van der Waals surface area contributed by atoms with Crippen LogP contribution in [0.1, 0.15) is 19.3 Å². The molecule has 0 radical (unpaired) electrons. The molecule has 0 saturated carbocycles. The third kappa shape index (κ3) is 3.20. The molecule has 20 heavy (non-hydrogen) atoms. The van der Waals surface area contributed by atoms with Crippen LogP contribution in [-0.4, -0.2) is 57.8 Å². The Morgan fingerprint density at radius 1 is 1.35 bits per heavy atom. The van der Waals surface area contributed by atoms with Crippen LogP contribution in [0.5, 0.6) is 0 Å². The SMILES string of the molecule is O=C1NC2(CCSCC2)C(=O)N1CC(O)CC(F)(F)F. The van der Waals surface area contributed by atoms with Crippen molar-refractivity contribution < 1.29 is 27.9 Å². The first-order valence-electron chi connectivity index (χ1n) is 6.20. The lowest BCUT2D eigenvalue weighted by molar-refractivity contribution is -0.156. The maximum atomic E-state index is 12.2. The van der Waals surface area contributed by atoms with E-state index in [9.17, 15) is 27.9 Å². The maximum absolute atomic E-state index is 12.2. The van der Waals surface area contributed by atoms with Crippen LogP contribution in [0, 0.1) is 0 Å². The largest absolute Gasteiger partial charge is 0.391 e. The number of rotatable bonds is 3. The van der Waals surface area contributed by atoms with Crippen molar-refractivity contribution in [2.45, 2.75) is 37.1 Å². The average Bonchev–Trinajstić information content (AvgIpc) is 2.53. The molecule has 0 aliphatic carbocycles. The second kappa shape index (κ2) is 5.44. The number of carbonyl (C=O) groups is 2. The number of hydrogen-bond donors (Lipinski definition) is 2. The van der Waals surface area contributed by atoms with E-state index in [1.54, 1.807) is 11.8 Å². The molecule has 9 heteroatoms. The zero-order chi connectivity index (χ0) is 15.0. The molecule has 1 atom stereocenters. The summed E-state index contributed by atoms with van der Waals surface area (Å²) in [6, 6.07) is -0.719. The topological polar surface area (TPSA) is 69.6 Å². The summed E-state index contributed by atoms with van der Waals surface area (Å²) in [6.45, 7) is -0.626. The highest BCUT2D eigenvalue weighted by molar-refractivity contribution is 7.99. The van der Waals surface area contributed by atoms with Gasteiger partial charge in [-0.1, -0.05) is 0 Å². The Morgan fingerprint density at radius 2 is 1.95 bits per heavy atom. The number of hydrogen-bond acceptors (Lipinski definition) is 4. The maximum Gasteiger partial charge on any atom is 0.391 e. The van der Waals surface area contributed by atoms with Crippen molar-refractivity contribution in [2.24, 2.45) is 0 Å². The summed E-state index contributed by atoms with van der Waals surface area (Å²) >= 11 is 1.66. The normalized spacial score (nSPS) is 24.1.